The van der Waals surface area contributed by atoms with Gasteiger partial charge in [0, 0.05) is 4.47 Å². The number of nitrogens with two attached hydrogens (primary N) is 1. The summed E-state index contributed by atoms with van der Waals surface area (Å²) in [7, 11) is 0. The summed E-state index contributed by atoms with van der Waals surface area (Å²) in [6, 6.07) is 3.40. The Bertz CT molecular complexity index is 219. The third-order valence-corrected chi connectivity index (χ3v) is 1.48. The highest BCUT2D eigenvalue weighted by molar-refractivity contribution is 9.10. The lowest BCUT2D eigenvalue weighted by atomic mass is 10.3. The van der Waals surface area contributed by atoms with Crippen LogP contribution in [0.15, 0.2) is 16.6 Å². The van der Waals surface area contributed by atoms with E-state index in [0.717, 1.165) is 4.47 Å². The van der Waals surface area contributed by atoms with Gasteiger partial charge in [0.1, 0.15) is 5.82 Å². The zero-order valence-corrected chi connectivity index (χ0v) is 6.80. The number of hydrogen-bond acceptors (Lipinski definition) is 3. The van der Waals surface area contributed by atoms with Gasteiger partial charge in [-0.25, -0.2) is 4.98 Å². The molecule has 4 heteroatoms. The molecular weight excluding hydrogens is 196 g/mol. The molecule has 0 radical (unpaired) electrons. The molecule has 0 saturated heterocycles. The Kier molecular flexibility index (Phi) is 2.24. The minimum atomic E-state index is -0.0797. The summed E-state index contributed by atoms with van der Waals surface area (Å²) in [6.07, 6.45) is 0. The van der Waals surface area contributed by atoms with E-state index in [9.17, 15) is 0 Å². The van der Waals surface area contributed by atoms with Gasteiger partial charge in [0.25, 0.3) is 0 Å². The van der Waals surface area contributed by atoms with E-state index in [2.05, 4.69) is 20.9 Å². The highest BCUT2D eigenvalue weighted by Gasteiger charge is 1.95. The Morgan fingerprint density at radius 1 is 1.60 bits per heavy atom. The Hall–Kier alpha value is -0.610. The molecule has 1 rings (SSSR count). The van der Waals surface area contributed by atoms with Crippen molar-refractivity contribution in [1.82, 2.24) is 4.98 Å². The molecule has 10 heavy (non-hydrogen) atoms. The van der Waals surface area contributed by atoms with E-state index in [4.69, 9.17) is 10.8 Å². The molecule has 0 bridgehead atoms. The number of nitrogens with zero attached hydrogens (tertiary/aromatic N) is 1. The summed E-state index contributed by atoms with van der Waals surface area (Å²) >= 11 is 3.22. The van der Waals surface area contributed by atoms with Crippen LogP contribution in [0.1, 0.15) is 5.69 Å². The molecule has 0 amide bonds. The molecule has 0 aliphatic rings. The third kappa shape index (κ3) is 1.68. The fraction of sp³-hybridized carbons (Fsp3) is 0.167. The molecule has 0 aliphatic heterocycles. The fourth-order valence-electron chi connectivity index (χ4n) is 0.653. The molecule has 0 aromatic carbocycles. The van der Waals surface area contributed by atoms with Gasteiger partial charge in [0.2, 0.25) is 0 Å². The molecule has 3 nitrogen and oxygen atoms in total. The van der Waals surface area contributed by atoms with Crippen molar-refractivity contribution in [3.05, 3.63) is 22.3 Å². The largest absolute Gasteiger partial charge is 0.390 e. The minimum absolute atomic E-state index is 0.0797. The average Bonchev–Trinajstić information content (AvgIpc) is 1.85. The Morgan fingerprint density at radius 2 is 2.30 bits per heavy atom. The summed E-state index contributed by atoms with van der Waals surface area (Å²) in [4.78, 5) is 3.85. The Balaban J connectivity index is 3.06. The summed E-state index contributed by atoms with van der Waals surface area (Å²) in [5.74, 6) is 0.415. The van der Waals surface area contributed by atoms with E-state index in [1.165, 1.54) is 0 Å². The van der Waals surface area contributed by atoms with Crippen molar-refractivity contribution in [2.24, 2.45) is 0 Å². The van der Waals surface area contributed by atoms with Crippen LogP contribution in [0.4, 0.5) is 5.82 Å². The molecule has 1 heterocycles. The minimum Gasteiger partial charge on any atom is -0.390 e. The van der Waals surface area contributed by atoms with Crippen LogP contribution < -0.4 is 5.73 Å². The molecule has 0 spiro atoms. The first-order valence-corrected chi connectivity index (χ1v) is 3.54. The van der Waals surface area contributed by atoms with Gasteiger partial charge in [0.15, 0.2) is 0 Å². The van der Waals surface area contributed by atoms with Gasteiger partial charge in [-0.15, -0.1) is 0 Å². The van der Waals surface area contributed by atoms with Crippen molar-refractivity contribution in [2.75, 3.05) is 5.73 Å². The monoisotopic (exact) mass is 202 g/mol. The van der Waals surface area contributed by atoms with Crippen molar-refractivity contribution >= 4 is 21.7 Å². The number of aliphatic hydroxyl groups is 1. The lowest BCUT2D eigenvalue weighted by Crippen LogP contribution is -1.94. The number of pyridine rings is 1. The topological polar surface area (TPSA) is 59.1 Å². The van der Waals surface area contributed by atoms with Crippen molar-refractivity contribution in [2.45, 2.75) is 6.61 Å². The molecule has 0 saturated carbocycles. The molecule has 1 aromatic rings. The first kappa shape index (κ1) is 7.50. The maximum atomic E-state index is 8.65. The molecule has 3 N–H and O–H groups in total. The van der Waals surface area contributed by atoms with Crippen molar-refractivity contribution in [1.29, 1.82) is 0 Å². The van der Waals surface area contributed by atoms with E-state index in [0.29, 0.717) is 11.5 Å². The fourth-order valence-corrected chi connectivity index (χ4v) is 1.15. The van der Waals surface area contributed by atoms with E-state index in [1.54, 1.807) is 12.1 Å². The first-order valence-electron chi connectivity index (χ1n) is 2.75. The highest BCUT2D eigenvalue weighted by Crippen LogP contribution is 2.13. The quantitative estimate of drug-likeness (QED) is 0.713. The lowest BCUT2D eigenvalue weighted by Gasteiger charge is -1.97. The van der Waals surface area contributed by atoms with Gasteiger partial charge in [-0.3, -0.25) is 0 Å². The Morgan fingerprint density at radius 3 is 2.80 bits per heavy atom. The number of anilines is 1. The highest BCUT2D eigenvalue weighted by atomic mass is 79.9. The number of nitrogen functional groups attached to an aromatic ring is 1. The summed E-state index contributed by atoms with van der Waals surface area (Å²) in [5.41, 5.74) is 5.96. The standard InChI is InChI=1S/C6H7BrN2O/c7-4-1-5(3-10)9-6(8)2-4/h1-2,10H,3H2,(H2,8,9). The third-order valence-electron chi connectivity index (χ3n) is 1.02. The number of rotatable bonds is 1. The zero-order valence-electron chi connectivity index (χ0n) is 5.21. The van der Waals surface area contributed by atoms with E-state index >= 15 is 0 Å². The van der Waals surface area contributed by atoms with E-state index in [1.807, 2.05) is 0 Å². The van der Waals surface area contributed by atoms with Crippen LogP contribution in [0, 0.1) is 0 Å². The van der Waals surface area contributed by atoms with E-state index < -0.39 is 0 Å². The second-order valence-corrected chi connectivity index (χ2v) is 2.78. The van der Waals surface area contributed by atoms with Crippen molar-refractivity contribution < 1.29 is 5.11 Å². The van der Waals surface area contributed by atoms with Crippen molar-refractivity contribution in [3.63, 3.8) is 0 Å². The predicted octanol–water partition coefficient (Wildman–Crippen LogP) is 0.919. The van der Waals surface area contributed by atoms with Crippen LogP contribution >= 0.6 is 15.9 Å². The zero-order chi connectivity index (χ0) is 7.56. The van der Waals surface area contributed by atoms with Crippen LogP contribution in [0.3, 0.4) is 0 Å². The van der Waals surface area contributed by atoms with Crippen LogP contribution in [0.25, 0.3) is 0 Å². The second-order valence-electron chi connectivity index (χ2n) is 1.86. The number of aromatic nitrogens is 1. The van der Waals surface area contributed by atoms with Crippen molar-refractivity contribution in [3.8, 4) is 0 Å². The summed E-state index contributed by atoms with van der Waals surface area (Å²) in [6.45, 7) is -0.0797. The van der Waals surface area contributed by atoms with Gasteiger partial charge in [0.05, 0.1) is 12.3 Å². The summed E-state index contributed by atoms with van der Waals surface area (Å²) in [5, 5.41) is 8.65. The smallest absolute Gasteiger partial charge is 0.124 e. The molecule has 1 aromatic heterocycles. The first-order chi connectivity index (χ1) is 4.72. The normalized spacial score (nSPS) is 9.80. The van der Waals surface area contributed by atoms with Gasteiger partial charge in [-0.2, -0.15) is 0 Å². The van der Waals surface area contributed by atoms with Gasteiger partial charge in [-0.05, 0) is 12.1 Å². The second kappa shape index (κ2) is 2.98. The lowest BCUT2D eigenvalue weighted by molar-refractivity contribution is 0.277. The number of hydrogen-bond donors (Lipinski definition) is 2. The summed E-state index contributed by atoms with van der Waals surface area (Å²) < 4.78 is 0.837. The van der Waals surface area contributed by atoms with Crippen LogP contribution in [0.5, 0.6) is 0 Å². The molecule has 0 unspecified atom stereocenters. The van der Waals surface area contributed by atoms with Gasteiger partial charge >= 0.3 is 0 Å². The maximum Gasteiger partial charge on any atom is 0.124 e. The molecule has 0 atom stereocenters. The van der Waals surface area contributed by atoms with Crippen LogP contribution in [-0.4, -0.2) is 10.1 Å². The molecule has 0 fully saturated rings. The van der Waals surface area contributed by atoms with Gasteiger partial charge in [-0.1, -0.05) is 15.9 Å². The number of halogens is 1. The van der Waals surface area contributed by atoms with Crippen LogP contribution in [-0.2, 0) is 6.61 Å². The maximum absolute atomic E-state index is 8.65. The van der Waals surface area contributed by atoms with Gasteiger partial charge < -0.3 is 10.8 Å². The SMILES string of the molecule is Nc1cc(Br)cc(CO)n1. The average molecular weight is 203 g/mol. The predicted molar refractivity (Wildman–Crippen MR) is 42.3 cm³/mol. The molecular formula is C6H7BrN2O. The Labute approximate surface area is 67.0 Å². The van der Waals surface area contributed by atoms with Crippen LogP contribution in [0.2, 0.25) is 0 Å². The number of aliphatic hydroxyl groups excluding tert-OH is 1. The van der Waals surface area contributed by atoms with E-state index in [-0.39, 0.29) is 6.61 Å². The molecule has 54 valence electrons. The molecule has 0 aliphatic carbocycles.